The van der Waals surface area contributed by atoms with Crippen molar-refractivity contribution in [1.29, 1.82) is 0 Å². The summed E-state index contributed by atoms with van der Waals surface area (Å²) in [5.41, 5.74) is 1.22. The Bertz CT molecular complexity index is 304. The van der Waals surface area contributed by atoms with Crippen LogP contribution in [0.25, 0.3) is 0 Å². The Morgan fingerprint density at radius 1 is 1.18 bits per heavy atom. The Kier molecular flexibility index (Phi) is 4.87. The van der Waals surface area contributed by atoms with Crippen LogP contribution in [0.15, 0.2) is 30.3 Å². The van der Waals surface area contributed by atoms with Gasteiger partial charge in [0.15, 0.2) is 0 Å². The predicted molar refractivity (Wildman–Crippen MR) is 74.4 cm³/mol. The van der Waals surface area contributed by atoms with Gasteiger partial charge in [0.1, 0.15) is 0 Å². The van der Waals surface area contributed by atoms with Crippen LogP contribution in [0.3, 0.4) is 0 Å². The quantitative estimate of drug-likeness (QED) is 0.810. The minimum atomic E-state index is 0.955. The summed E-state index contributed by atoms with van der Waals surface area (Å²) in [7, 11) is 2.24. The lowest BCUT2D eigenvalue weighted by Gasteiger charge is -2.21. The summed E-state index contributed by atoms with van der Waals surface area (Å²) in [5.74, 6) is 0.955. The first-order valence-corrected chi connectivity index (χ1v) is 6.82. The molecule has 1 N–H and O–H groups in total. The SMILES string of the molecule is CN(CCNc1ccccc1)CC1CCCC1. The highest BCUT2D eigenvalue weighted by atomic mass is 15.1. The zero-order valence-corrected chi connectivity index (χ0v) is 10.9. The molecule has 1 aliphatic carbocycles. The summed E-state index contributed by atoms with van der Waals surface area (Å²) >= 11 is 0. The number of rotatable bonds is 6. The molecule has 0 aliphatic heterocycles. The van der Waals surface area contributed by atoms with E-state index in [1.54, 1.807) is 0 Å². The Balaban J connectivity index is 1.61. The number of nitrogens with zero attached hydrogens (tertiary/aromatic N) is 1. The fourth-order valence-electron chi connectivity index (χ4n) is 2.67. The van der Waals surface area contributed by atoms with Crippen molar-refractivity contribution in [2.45, 2.75) is 25.7 Å². The third-order valence-electron chi connectivity index (χ3n) is 3.64. The minimum Gasteiger partial charge on any atom is -0.384 e. The molecule has 0 aromatic heterocycles. The number of benzene rings is 1. The van der Waals surface area contributed by atoms with Crippen molar-refractivity contribution in [1.82, 2.24) is 4.90 Å². The Morgan fingerprint density at radius 3 is 2.59 bits per heavy atom. The van der Waals surface area contributed by atoms with Gasteiger partial charge in [-0.2, -0.15) is 0 Å². The first-order chi connectivity index (χ1) is 8.34. The summed E-state index contributed by atoms with van der Waals surface area (Å²) < 4.78 is 0. The molecule has 1 saturated carbocycles. The van der Waals surface area contributed by atoms with Gasteiger partial charge in [-0.25, -0.2) is 0 Å². The summed E-state index contributed by atoms with van der Waals surface area (Å²) in [6.07, 6.45) is 5.77. The summed E-state index contributed by atoms with van der Waals surface area (Å²) in [6, 6.07) is 10.4. The molecule has 0 unspecified atom stereocenters. The van der Waals surface area contributed by atoms with E-state index < -0.39 is 0 Å². The second kappa shape index (κ2) is 6.65. The van der Waals surface area contributed by atoms with Gasteiger partial charge < -0.3 is 10.2 Å². The predicted octanol–water partition coefficient (Wildman–Crippen LogP) is 3.22. The maximum Gasteiger partial charge on any atom is 0.0340 e. The molecule has 0 atom stereocenters. The number of likely N-dealkylation sites (N-methyl/N-ethyl adjacent to an activating group) is 1. The highest BCUT2D eigenvalue weighted by Gasteiger charge is 2.16. The van der Waals surface area contributed by atoms with Gasteiger partial charge in [0.25, 0.3) is 0 Å². The highest BCUT2D eigenvalue weighted by molar-refractivity contribution is 5.42. The standard InChI is InChI=1S/C15H24N2/c1-17(13-14-7-5-6-8-14)12-11-16-15-9-3-2-4-10-15/h2-4,9-10,14,16H,5-8,11-13H2,1H3. The van der Waals surface area contributed by atoms with Crippen molar-refractivity contribution >= 4 is 5.69 Å². The molecule has 0 amide bonds. The number of hydrogen-bond donors (Lipinski definition) is 1. The van der Waals surface area contributed by atoms with Crippen LogP contribution in [0, 0.1) is 5.92 Å². The van der Waals surface area contributed by atoms with Gasteiger partial charge in [0, 0.05) is 25.3 Å². The van der Waals surface area contributed by atoms with Crippen LogP contribution in [-0.4, -0.2) is 31.6 Å². The lowest BCUT2D eigenvalue weighted by atomic mass is 10.1. The molecular weight excluding hydrogens is 208 g/mol. The van der Waals surface area contributed by atoms with E-state index in [1.807, 2.05) is 0 Å². The summed E-state index contributed by atoms with van der Waals surface area (Å²) in [5, 5.41) is 3.46. The first-order valence-electron chi connectivity index (χ1n) is 6.82. The molecule has 0 heterocycles. The molecule has 2 nitrogen and oxygen atoms in total. The Hall–Kier alpha value is -1.02. The van der Waals surface area contributed by atoms with Crippen molar-refractivity contribution < 1.29 is 0 Å². The van der Waals surface area contributed by atoms with Gasteiger partial charge in [-0.1, -0.05) is 31.0 Å². The van der Waals surface area contributed by atoms with Gasteiger partial charge in [-0.05, 0) is 37.9 Å². The maximum atomic E-state index is 3.46. The topological polar surface area (TPSA) is 15.3 Å². The normalized spacial score (nSPS) is 16.6. The van der Waals surface area contributed by atoms with E-state index in [0.717, 1.165) is 19.0 Å². The number of anilines is 1. The van der Waals surface area contributed by atoms with Crippen molar-refractivity contribution in [2.24, 2.45) is 5.92 Å². The largest absolute Gasteiger partial charge is 0.384 e. The molecule has 2 rings (SSSR count). The molecule has 1 aliphatic rings. The molecule has 0 radical (unpaired) electrons. The molecular formula is C15H24N2. The molecule has 0 bridgehead atoms. The van der Waals surface area contributed by atoms with E-state index in [2.05, 4.69) is 47.6 Å². The molecule has 17 heavy (non-hydrogen) atoms. The zero-order chi connectivity index (χ0) is 11.9. The van der Waals surface area contributed by atoms with Gasteiger partial charge in [-0.15, -0.1) is 0 Å². The van der Waals surface area contributed by atoms with E-state index in [4.69, 9.17) is 0 Å². The molecule has 94 valence electrons. The van der Waals surface area contributed by atoms with Crippen LogP contribution >= 0.6 is 0 Å². The van der Waals surface area contributed by atoms with E-state index >= 15 is 0 Å². The van der Waals surface area contributed by atoms with Crippen LogP contribution in [0.4, 0.5) is 5.69 Å². The van der Waals surface area contributed by atoms with Crippen LogP contribution in [-0.2, 0) is 0 Å². The van der Waals surface area contributed by atoms with Crippen molar-refractivity contribution in [2.75, 3.05) is 32.0 Å². The van der Waals surface area contributed by atoms with Gasteiger partial charge >= 0.3 is 0 Å². The Labute approximate surface area is 105 Å². The number of hydrogen-bond acceptors (Lipinski definition) is 2. The fraction of sp³-hybridized carbons (Fsp3) is 0.600. The fourth-order valence-corrected chi connectivity index (χ4v) is 2.67. The lowest BCUT2D eigenvalue weighted by Crippen LogP contribution is -2.29. The van der Waals surface area contributed by atoms with Crippen molar-refractivity contribution in [3.63, 3.8) is 0 Å². The molecule has 0 saturated heterocycles. The van der Waals surface area contributed by atoms with Gasteiger partial charge in [0.2, 0.25) is 0 Å². The molecule has 1 aromatic rings. The average Bonchev–Trinajstić information content (AvgIpc) is 2.83. The van der Waals surface area contributed by atoms with Crippen molar-refractivity contribution in [3.05, 3.63) is 30.3 Å². The van der Waals surface area contributed by atoms with Crippen LogP contribution in [0.1, 0.15) is 25.7 Å². The second-order valence-electron chi connectivity index (χ2n) is 5.21. The smallest absolute Gasteiger partial charge is 0.0340 e. The Morgan fingerprint density at radius 2 is 1.88 bits per heavy atom. The van der Waals surface area contributed by atoms with E-state index in [9.17, 15) is 0 Å². The first kappa shape index (κ1) is 12.4. The monoisotopic (exact) mass is 232 g/mol. The van der Waals surface area contributed by atoms with Crippen LogP contribution in [0.5, 0.6) is 0 Å². The summed E-state index contributed by atoms with van der Waals surface area (Å²) in [6.45, 7) is 3.44. The molecule has 1 aromatic carbocycles. The second-order valence-corrected chi connectivity index (χ2v) is 5.21. The van der Waals surface area contributed by atoms with Crippen LogP contribution < -0.4 is 5.32 Å². The maximum absolute atomic E-state index is 3.46. The van der Waals surface area contributed by atoms with E-state index in [0.29, 0.717) is 0 Å². The lowest BCUT2D eigenvalue weighted by molar-refractivity contribution is 0.287. The molecule has 1 fully saturated rings. The number of para-hydroxylation sites is 1. The average molecular weight is 232 g/mol. The summed E-state index contributed by atoms with van der Waals surface area (Å²) in [4.78, 5) is 2.46. The van der Waals surface area contributed by atoms with Gasteiger partial charge in [0.05, 0.1) is 0 Å². The molecule has 2 heteroatoms. The van der Waals surface area contributed by atoms with Crippen LogP contribution in [0.2, 0.25) is 0 Å². The molecule has 0 spiro atoms. The van der Waals surface area contributed by atoms with Gasteiger partial charge in [-0.3, -0.25) is 0 Å². The zero-order valence-electron chi connectivity index (χ0n) is 10.9. The number of nitrogens with one attached hydrogen (secondary N) is 1. The highest BCUT2D eigenvalue weighted by Crippen LogP contribution is 2.24. The van der Waals surface area contributed by atoms with E-state index in [-0.39, 0.29) is 0 Å². The third-order valence-corrected chi connectivity index (χ3v) is 3.64. The minimum absolute atomic E-state index is 0.955. The van der Waals surface area contributed by atoms with E-state index in [1.165, 1.54) is 37.9 Å². The third kappa shape index (κ3) is 4.39. The van der Waals surface area contributed by atoms with Crippen molar-refractivity contribution in [3.8, 4) is 0 Å².